The molecule has 0 aliphatic carbocycles. The minimum Gasteiger partial charge on any atom is -0.339 e. The average molecular weight is 407 g/mol. The number of pyridine rings is 1. The fourth-order valence-corrected chi connectivity index (χ4v) is 3.80. The second-order valence-electron chi connectivity index (χ2n) is 7.51. The summed E-state index contributed by atoms with van der Waals surface area (Å²) in [6.45, 7) is 5.92. The maximum atomic E-state index is 12.9. The van der Waals surface area contributed by atoms with Gasteiger partial charge in [-0.05, 0) is 32.0 Å². The van der Waals surface area contributed by atoms with Crippen LogP contribution in [0.2, 0.25) is 0 Å². The number of carbonyl (C=O) groups is 2. The van der Waals surface area contributed by atoms with Gasteiger partial charge in [0.05, 0.1) is 17.8 Å². The molecule has 9 nitrogen and oxygen atoms in total. The molecule has 3 aromatic rings. The molecule has 2 amide bonds. The van der Waals surface area contributed by atoms with E-state index < -0.39 is 0 Å². The zero-order chi connectivity index (χ0) is 21.3. The van der Waals surface area contributed by atoms with Gasteiger partial charge in [0.15, 0.2) is 0 Å². The summed E-state index contributed by atoms with van der Waals surface area (Å²) in [4.78, 5) is 33.2. The Hall–Kier alpha value is -3.49. The van der Waals surface area contributed by atoms with Gasteiger partial charge < -0.3 is 9.80 Å². The number of aromatic nitrogens is 5. The first-order valence-corrected chi connectivity index (χ1v) is 9.97. The Kier molecular flexibility index (Phi) is 5.35. The van der Waals surface area contributed by atoms with Gasteiger partial charge in [-0.1, -0.05) is 6.07 Å². The minimum absolute atomic E-state index is 0.0344. The van der Waals surface area contributed by atoms with Crippen LogP contribution in [0, 0.1) is 13.8 Å². The lowest BCUT2D eigenvalue weighted by atomic mass is 10.1. The van der Waals surface area contributed by atoms with Crippen LogP contribution in [0.5, 0.6) is 0 Å². The summed E-state index contributed by atoms with van der Waals surface area (Å²) in [5.41, 5.74) is 4.73. The monoisotopic (exact) mass is 407 g/mol. The summed E-state index contributed by atoms with van der Waals surface area (Å²) >= 11 is 0. The Balaban J connectivity index is 1.38. The Morgan fingerprint density at radius 2 is 1.83 bits per heavy atom. The Morgan fingerprint density at radius 1 is 1.10 bits per heavy atom. The fraction of sp³-hybridized carbons (Fsp3) is 0.381. The zero-order valence-corrected chi connectivity index (χ0v) is 17.4. The van der Waals surface area contributed by atoms with E-state index in [1.54, 1.807) is 22.1 Å². The van der Waals surface area contributed by atoms with Gasteiger partial charge in [-0.15, -0.1) is 0 Å². The van der Waals surface area contributed by atoms with Gasteiger partial charge in [-0.25, -0.2) is 0 Å². The summed E-state index contributed by atoms with van der Waals surface area (Å²) in [6, 6.07) is 7.33. The lowest BCUT2D eigenvalue weighted by Gasteiger charge is -2.34. The van der Waals surface area contributed by atoms with Crippen molar-refractivity contribution in [3.05, 3.63) is 53.2 Å². The van der Waals surface area contributed by atoms with Crippen LogP contribution in [0.1, 0.15) is 27.6 Å². The van der Waals surface area contributed by atoms with Gasteiger partial charge in [0, 0.05) is 56.4 Å². The molecular weight excluding hydrogens is 382 g/mol. The Bertz CT molecular complexity index is 1060. The van der Waals surface area contributed by atoms with Crippen LogP contribution in [0.15, 0.2) is 30.5 Å². The molecule has 0 radical (unpaired) electrons. The second-order valence-corrected chi connectivity index (χ2v) is 7.51. The number of piperazine rings is 1. The lowest BCUT2D eigenvalue weighted by molar-refractivity contribution is -0.132. The quantitative estimate of drug-likeness (QED) is 0.704. The van der Waals surface area contributed by atoms with Crippen molar-refractivity contribution in [2.75, 3.05) is 26.2 Å². The third kappa shape index (κ3) is 3.83. The van der Waals surface area contributed by atoms with Crippen LogP contribution in [0.25, 0.3) is 11.3 Å². The molecule has 3 aromatic heterocycles. The van der Waals surface area contributed by atoms with Gasteiger partial charge in [-0.3, -0.25) is 24.4 Å². The predicted molar refractivity (Wildman–Crippen MR) is 111 cm³/mol. The molecule has 1 N–H and O–H groups in total. The summed E-state index contributed by atoms with van der Waals surface area (Å²) < 4.78 is 1.81. The lowest BCUT2D eigenvalue weighted by Crippen LogP contribution is -2.51. The highest BCUT2D eigenvalue weighted by Crippen LogP contribution is 2.25. The number of H-pyrrole nitrogens is 1. The van der Waals surface area contributed by atoms with E-state index in [4.69, 9.17) is 0 Å². The van der Waals surface area contributed by atoms with Crippen molar-refractivity contribution in [2.24, 2.45) is 7.05 Å². The number of rotatable bonds is 4. The number of amides is 2. The van der Waals surface area contributed by atoms with E-state index in [-0.39, 0.29) is 18.2 Å². The normalized spacial score (nSPS) is 14.2. The molecule has 9 heteroatoms. The third-order valence-electron chi connectivity index (χ3n) is 5.55. The highest BCUT2D eigenvalue weighted by Gasteiger charge is 2.26. The van der Waals surface area contributed by atoms with E-state index in [1.807, 2.05) is 43.8 Å². The SMILES string of the molecule is Cc1nn(C)c(C)c1-c1cc(C(=O)N2CCN(C(=O)Cc3ccccn3)CC2)[nH]n1. The predicted octanol–water partition coefficient (Wildman–Crippen LogP) is 1.35. The average Bonchev–Trinajstić information content (AvgIpc) is 3.32. The largest absolute Gasteiger partial charge is 0.339 e. The topological polar surface area (TPSA) is 100 Å². The van der Waals surface area contributed by atoms with E-state index in [1.165, 1.54) is 0 Å². The maximum Gasteiger partial charge on any atom is 0.272 e. The zero-order valence-electron chi connectivity index (χ0n) is 17.4. The van der Waals surface area contributed by atoms with Crippen molar-refractivity contribution in [2.45, 2.75) is 20.3 Å². The molecule has 0 bridgehead atoms. The van der Waals surface area contributed by atoms with Crippen LogP contribution >= 0.6 is 0 Å². The fourth-order valence-electron chi connectivity index (χ4n) is 3.80. The van der Waals surface area contributed by atoms with Crippen molar-refractivity contribution in [3.63, 3.8) is 0 Å². The highest BCUT2D eigenvalue weighted by atomic mass is 16.2. The second kappa shape index (κ2) is 8.10. The van der Waals surface area contributed by atoms with E-state index in [0.29, 0.717) is 37.6 Å². The van der Waals surface area contributed by atoms with Crippen molar-refractivity contribution in [3.8, 4) is 11.3 Å². The molecule has 1 saturated heterocycles. The molecule has 30 heavy (non-hydrogen) atoms. The van der Waals surface area contributed by atoms with E-state index in [0.717, 1.165) is 22.6 Å². The molecule has 1 aliphatic heterocycles. The molecule has 4 rings (SSSR count). The third-order valence-corrected chi connectivity index (χ3v) is 5.55. The molecule has 0 spiro atoms. The maximum absolute atomic E-state index is 12.9. The van der Waals surface area contributed by atoms with Crippen molar-refractivity contribution < 1.29 is 9.59 Å². The first-order chi connectivity index (χ1) is 14.4. The Labute approximate surface area is 174 Å². The minimum atomic E-state index is -0.107. The number of nitrogens with one attached hydrogen (secondary N) is 1. The van der Waals surface area contributed by atoms with E-state index in [2.05, 4.69) is 20.3 Å². The van der Waals surface area contributed by atoms with Gasteiger partial charge in [0.25, 0.3) is 5.91 Å². The number of hydrogen-bond acceptors (Lipinski definition) is 5. The number of hydrogen-bond donors (Lipinski definition) is 1. The van der Waals surface area contributed by atoms with Crippen LogP contribution in [-0.2, 0) is 18.3 Å². The van der Waals surface area contributed by atoms with Gasteiger partial charge in [-0.2, -0.15) is 10.2 Å². The first kappa shape index (κ1) is 19.8. The molecule has 1 fully saturated rings. The van der Waals surface area contributed by atoms with Crippen molar-refractivity contribution in [1.29, 1.82) is 0 Å². The molecule has 0 aromatic carbocycles. The highest BCUT2D eigenvalue weighted by molar-refractivity contribution is 5.93. The summed E-state index contributed by atoms with van der Waals surface area (Å²) in [5, 5.41) is 11.6. The van der Waals surface area contributed by atoms with Crippen LogP contribution in [-0.4, -0.2) is 72.8 Å². The van der Waals surface area contributed by atoms with Gasteiger partial charge in [0.1, 0.15) is 5.69 Å². The summed E-state index contributed by atoms with van der Waals surface area (Å²) in [5.74, 6) is -0.0723. The smallest absolute Gasteiger partial charge is 0.272 e. The van der Waals surface area contributed by atoms with Crippen LogP contribution in [0.4, 0.5) is 0 Å². The molecule has 0 unspecified atom stereocenters. The standard InChI is InChI=1S/C21H25N7O2/c1-14-20(15(2)26(3)25-14)17-13-18(24-23-17)21(30)28-10-8-27(9-11-28)19(29)12-16-6-4-5-7-22-16/h4-7,13H,8-12H2,1-3H3,(H,23,24). The van der Waals surface area contributed by atoms with E-state index >= 15 is 0 Å². The Morgan fingerprint density at radius 3 is 2.47 bits per heavy atom. The van der Waals surface area contributed by atoms with Crippen LogP contribution < -0.4 is 0 Å². The van der Waals surface area contributed by atoms with Gasteiger partial charge >= 0.3 is 0 Å². The van der Waals surface area contributed by atoms with E-state index in [9.17, 15) is 9.59 Å². The molecular formula is C21H25N7O2. The molecule has 0 saturated carbocycles. The summed E-state index contributed by atoms with van der Waals surface area (Å²) in [6.07, 6.45) is 1.97. The van der Waals surface area contributed by atoms with Gasteiger partial charge in [0.2, 0.25) is 5.91 Å². The number of aromatic amines is 1. The molecule has 0 atom stereocenters. The number of carbonyl (C=O) groups excluding carboxylic acids is 2. The number of aryl methyl sites for hydroxylation is 2. The first-order valence-electron chi connectivity index (χ1n) is 9.97. The van der Waals surface area contributed by atoms with Crippen LogP contribution in [0.3, 0.4) is 0 Å². The summed E-state index contributed by atoms with van der Waals surface area (Å²) in [7, 11) is 1.89. The molecule has 156 valence electrons. The molecule has 1 aliphatic rings. The molecule has 4 heterocycles. The van der Waals surface area contributed by atoms with Crippen molar-refractivity contribution >= 4 is 11.8 Å². The van der Waals surface area contributed by atoms with Crippen molar-refractivity contribution in [1.82, 2.24) is 34.8 Å². The number of nitrogens with zero attached hydrogens (tertiary/aromatic N) is 6.